The van der Waals surface area contributed by atoms with Gasteiger partial charge >= 0.3 is 5.97 Å². The zero-order valence-electron chi connectivity index (χ0n) is 12.4. The van der Waals surface area contributed by atoms with E-state index in [1.165, 1.54) is 38.3 Å². The molecule has 5 nitrogen and oxygen atoms in total. The van der Waals surface area contributed by atoms with Crippen LogP contribution in [0.25, 0.3) is 6.08 Å². The number of rotatable bonds is 5. The molecule has 1 aliphatic rings. The van der Waals surface area contributed by atoms with Crippen LogP contribution < -0.4 is 0 Å². The Morgan fingerprint density at radius 1 is 1.36 bits per heavy atom. The minimum atomic E-state index is -1.02. The van der Waals surface area contributed by atoms with Gasteiger partial charge in [-0.15, -0.1) is 11.8 Å². The number of nitro groups is 1. The summed E-state index contributed by atoms with van der Waals surface area (Å²) < 4.78 is 0. The Kier molecular flexibility index (Phi) is 5.60. The van der Waals surface area contributed by atoms with Gasteiger partial charge in [0, 0.05) is 16.9 Å². The van der Waals surface area contributed by atoms with E-state index in [1.54, 1.807) is 23.9 Å². The van der Waals surface area contributed by atoms with Crippen molar-refractivity contribution in [1.29, 1.82) is 0 Å². The molecular weight excluding hydrogens is 302 g/mol. The SMILES string of the molecule is C/C(=C\c1ccc(SC2CCCCC2)c([N+](=O)[O-])c1)C(=O)O. The van der Waals surface area contributed by atoms with Crippen LogP contribution in [-0.4, -0.2) is 21.2 Å². The number of benzene rings is 1. The van der Waals surface area contributed by atoms with Crippen molar-refractivity contribution in [3.63, 3.8) is 0 Å². The fraction of sp³-hybridized carbons (Fsp3) is 0.438. The highest BCUT2D eigenvalue weighted by Gasteiger charge is 2.21. The first-order chi connectivity index (χ1) is 10.5. The predicted molar refractivity (Wildman–Crippen MR) is 87.1 cm³/mol. The van der Waals surface area contributed by atoms with Crippen molar-refractivity contribution in [2.24, 2.45) is 0 Å². The van der Waals surface area contributed by atoms with Crippen molar-refractivity contribution in [1.82, 2.24) is 0 Å². The summed E-state index contributed by atoms with van der Waals surface area (Å²) in [5, 5.41) is 20.6. The highest BCUT2D eigenvalue weighted by atomic mass is 32.2. The Bertz CT molecular complexity index is 606. The van der Waals surface area contributed by atoms with E-state index in [2.05, 4.69) is 0 Å². The first kappa shape index (κ1) is 16.5. The zero-order chi connectivity index (χ0) is 16.1. The largest absolute Gasteiger partial charge is 0.478 e. The van der Waals surface area contributed by atoms with Crippen LogP contribution in [-0.2, 0) is 4.79 Å². The molecule has 6 heteroatoms. The molecule has 1 N–H and O–H groups in total. The number of hydrogen-bond acceptors (Lipinski definition) is 4. The maximum atomic E-state index is 11.3. The molecule has 2 rings (SSSR count). The fourth-order valence-electron chi connectivity index (χ4n) is 2.54. The Balaban J connectivity index is 2.25. The quantitative estimate of drug-likeness (QED) is 0.490. The van der Waals surface area contributed by atoms with Crippen LogP contribution in [0.4, 0.5) is 5.69 Å². The van der Waals surface area contributed by atoms with Gasteiger partial charge in [0.05, 0.1) is 9.82 Å². The molecule has 1 aliphatic carbocycles. The van der Waals surface area contributed by atoms with E-state index in [1.807, 2.05) is 0 Å². The predicted octanol–water partition coefficient (Wildman–Crippen LogP) is 4.51. The molecule has 118 valence electrons. The molecule has 0 amide bonds. The van der Waals surface area contributed by atoms with Crippen LogP contribution in [0.15, 0.2) is 28.7 Å². The zero-order valence-corrected chi connectivity index (χ0v) is 13.3. The molecule has 0 bridgehead atoms. The lowest BCUT2D eigenvalue weighted by atomic mass is 10.0. The van der Waals surface area contributed by atoms with Crippen molar-refractivity contribution < 1.29 is 14.8 Å². The molecule has 0 aliphatic heterocycles. The number of carboxylic acids is 1. The normalized spacial score (nSPS) is 16.5. The molecule has 1 aromatic rings. The second-order valence-electron chi connectivity index (χ2n) is 5.49. The summed E-state index contributed by atoms with van der Waals surface area (Å²) in [6, 6.07) is 4.93. The molecule has 0 unspecified atom stereocenters. The van der Waals surface area contributed by atoms with Crippen LogP contribution in [0.3, 0.4) is 0 Å². The lowest BCUT2D eigenvalue weighted by molar-refractivity contribution is -0.387. The molecule has 0 saturated heterocycles. The number of nitrogens with zero attached hydrogens (tertiary/aromatic N) is 1. The molecule has 1 fully saturated rings. The summed E-state index contributed by atoms with van der Waals surface area (Å²) in [5.41, 5.74) is 0.754. The number of aliphatic carboxylic acids is 1. The second-order valence-corrected chi connectivity index (χ2v) is 6.84. The average Bonchev–Trinajstić information content (AvgIpc) is 2.49. The highest BCUT2D eigenvalue weighted by Crippen LogP contribution is 2.38. The number of thioether (sulfide) groups is 1. The molecule has 22 heavy (non-hydrogen) atoms. The maximum absolute atomic E-state index is 11.3. The topological polar surface area (TPSA) is 80.4 Å². The lowest BCUT2D eigenvalue weighted by Gasteiger charge is -2.20. The highest BCUT2D eigenvalue weighted by molar-refractivity contribution is 8.00. The smallest absolute Gasteiger partial charge is 0.331 e. The Morgan fingerprint density at radius 2 is 2.05 bits per heavy atom. The average molecular weight is 321 g/mol. The summed E-state index contributed by atoms with van der Waals surface area (Å²) in [6.07, 6.45) is 7.26. The van der Waals surface area contributed by atoms with E-state index in [4.69, 9.17) is 5.11 Å². The van der Waals surface area contributed by atoms with E-state index in [9.17, 15) is 14.9 Å². The van der Waals surface area contributed by atoms with E-state index in [-0.39, 0.29) is 11.3 Å². The van der Waals surface area contributed by atoms with E-state index >= 15 is 0 Å². The van der Waals surface area contributed by atoms with Crippen LogP contribution in [0.1, 0.15) is 44.6 Å². The molecule has 0 heterocycles. The summed E-state index contributed by atoms with van der Waals surface area (Å²) in [6.45, 7) is 1.47. The van der Waals surface area contributed by atoms with Crippen molar-refractivity contribution in [3.8, 4) is 0 Å². The molecule has 0 atom stereocenters. The third-order valence-corrected chi connectivity index (χ3v) is 5.15. The number of hydrogen-bond donors (Lipinski definition) is 1. The summed E-state index contributed by atoms with van der Waals surface area (Å²) in [5.74, 6) is -1.02. The fourth-order valence-corrected chi connectivity index (χ4v) is 3.87. The minimum Gasteiger partial charge on any atom is -0.478 e. The first-order valence-corrected chi connectivity index (χ1v) is 8.22. The van der Waals surface area contributed by atoms with E-state index in [0.29, 0.717) is 15.7 Å². The molecule has 1 aromatic carbocycles. The number of carbonyl (C=O) groups is 1. The number of carboxylic acid groups (broad SMARTS) is 1. The summed E-state index contributed by atoms with van der Waals surface area (Å²) in [7, 11) is 0. The third-order valence-electron chi connectivity index (χ3n) is 3.75. The standard InChI is InChI=1S/C16H19NO4S/c1-11(16(18)19)9-12-7-8-15(14(10-12)17(20)21)22-13-5-3-2-4-6-13/h7-10,13H,2-6H2,1H3,(H,18,19)/b11-9+. The Morgan fingerprint density at radius 3 is 2.64 bits per heavy atom. The number of nitro benzene ring substituents is 1. The molecule has 0 radical (unpaired) electrons. The van der Waals surface area contributed by atoms with Gasteiger partial charge in [-0.25, -0.2) is 4.79 Å². The monoisotopic (exact) mass is 321 g/mol. The van der Waals surface area contributed by atoms with Crippen molar-refractivity contribution in [2.75, 3.05) is 0 Å². The Hall–Kier alpha value is -1.82. The van der Waals surface area contributed by atoms with Crippen molar-refractivity contribution in [3.05, 3.63) is 39.4 Å². The van der Waals surface area contributed by atoms with Gasteiger partial charge in [0.1, 0.15) is 0 Å². The maximum Gasteiger partial charge on any atom is 0.331 e. The Labute approximate surface area is 133 Å². The van der Waals surface area contributed by atoms with Crippen LogP contribution in [0.5, 0.6) is 0 Å². The van der Waals surface area contributed by atoms with Gasteiger partial charge in [-0.2, -0.15) is 0 Å². The molecular formula is C16H19NO4S. The van der Waals surface area contributed by atoms with Gasteiger partial charge in [-0.3, -0.25) is 10.1 Å². The third kappa shape index (κ3) is 4.34. The summed E-state index contributed by atoms with van der Waals surface area (Å²) in [4.78, 5) is 22.4. The summed E-state index contributed by atoms with van der Waals surface area (Å²) >= 11 is 1.57. The lowest BCUT2D eigenvalue weighted by Crippen LogP contribution is -2.08. The van der Waals surface area contributed by atoms with Gasteiger partial charge in [0.2, 0.25) is 0 Å². The van der Waals surface area contributed by atoms with Gasteiger partial charge in [-0.1, -0.05) is 25.3 Å². The second kappa shape index (κ2) is 7.45. The molecule has 0 spiro atoms. The van der Waals surface area contributed by atoms with Gasteiger partial charge < -0.3 is 5.11 Å². The van der Waals surface area contributed by atoms with Crippen LogP contribution >= 0.6 is 11.8 Å². The van der Waals surface area contributed by atoms with Crippen molar-refractivity contribution in [2.45, 2.75) is 49.2 Å². The minimum absolute atomic E-state index is 0.0579. The first-order valence-electron chi connectivity index (χ1n) is 7.34. The van der Waals surface area contributed by atoms with E-state index < -0.39 is 10.9 Å². The molecule has 0 aromatic heterocycles. The van der Waals surface area contributed by atoms with Gasteiger partial charge in [-0.05, 0) is 37.5 Å². The van der Waals surface area contributed by atoms with Crippen LogP contribution in [0.2, 0.25) is 0 Å². The van der Waals surface area contributed by atoms with E-state index in [0.717, 1.165) is 12.8 Å². The molecule has 1 saturated carbocycles. The van der Waals surface area contributed by atoms with Crippen molar-refractivity contribution >= 4 is 29.5 Å². The van der Waals surface area contributed by atoms with Crippen LogP contribution in [0, 0.1) is 10.1 Å². The van der Waals surface area contributed by atoms with Gasteiger partial charge in [0.25, 0.3) is 5.69 Å². The van der Waals surface area contributed by atoms with Gasteiger partial charge in [0.15, 0.2) is 0 Å².